The highest BCUT2D eigenvalue weighted by Crippen LogP contribution is 2.49. The van der Waals surface area contributed by atoms with Gasteiger partial charge in [0, 0.05) is 24.5 Å². The Kier molecular flexibility index (Phi) is 4.56. The van der Waals surface area contributed by atoms with Crippen LogP contribution < -0.4 is 9.64 Å². The van der Waals surface area contributed by atoms with E-state index in [-0.39, 0.29) is 0 Å². The highest BCUT2D eigenvalue weighted by Gasteiger charge is 2.50. The number of nitrogens with zero attached hydrogens (tertiary/aromatic N) is 4. The number of hydrogen-bond acceptors (Lipinski definition) is 6. The van der Waals surface area contributed by atoms with Crippen molar-refractivity contribution in [3.63, 3.8) is 0 Å². The van der Waals surface area contributed by atoms with E-state index < -0.39 is 0 Å². The van der Waals surface area contributed by atoms with Crippen molar-refractivity contribution in [2.45, 2.75) is 44.1 Å². The predicted octanol–water partition coefficient (Wildman–Crippen LogP) is 3.79. The SMILES string of the molecule is COc1ccccc1C1CCN(C2CCC3(C2)CN(c2nncs2)C3)CC1. The smallest absolute Gasteiger partial charge is 0.208 e. The average molecular weight is 385 g/mol. The van der Waals surface area contributed by atoms with E-state index >= 15 is 0 Å². The molecule has 0 amide bonds. The highest BCUT2D eigenvalue weighted by molar-refractivity contribution is 7.13. The zero-order chi connectivity index (χ0) is 18.3. The van der Waals surface area contributed by atoms with Crippen LogP contribution >= 0.6 is 11.3 Å². The second-order valence-electron chi connectivity index (χ2n) is 8.53. The number of likely N-dealkylation sites (tertiary alicyclic amines) is 1. The molecule has 1 aromatic heterocycles. The van der Waals surface area contributed by atoms with E-state index in [1.54, 1.807) is 18.4 Å². The molecule has 2 aromatic rings. The molecule has 1 saturated carbocycles. The van der Waals surface area contributed by atoms with Crippen LogP contribution in [-0.2, 0) is 0 Å². The van der Waals surface area contributed by atoms with Crippen LogP contribution in [0.3, 0.4) is 0 Å². The number of hydrogen-bond donors (Lipinski definition) is 0. The van der Waals surface area contributed by atoms with Crippen molar-refractivity contribution >= 4 is 16.5 Å². The second kappa shape index (κ2) is 7.06. The minimum atomic E-state index is 0.538. The van der Waals surface area contributed by atoms with Gasteiger partial charge in [-0.25, -0.2) is 0 Å². The zero-order valence-corrected chi connectivity index (χ0v) is 16.8. The molecule has 1 aliphatic carbocycles. The fourth-order valence-electron chi connectivity index (χ4n) is 5.56. The highest BCUT2D eigenvalue weighted by atomic mass is 32.1. The number of rotatable bonds is 4. The summed E-state index contributed by atoms with van der Waals surface area (Å²) in [5.41, 5.74) is 3.77. The van der Waals surface area contributed by atoms with Crippen LogP contribution in [0.1, 0.15) is 43.6 Å². The van der Waals surface area contributed by atoms with Gasteiger partial charge in [-0.15, -0.1) is 10.2 Å². The van der Waals surface area contributed by atoms with Gasteiger partial charge in [0.15, 0.2) is 0 Å². The first-order chi connectivity index (χ1) is 13.3. The summed E-state index contributed by atoms with van der Waals surface area (Å²) >= 11 is 1.66. The Morgan fingerprint density at radius 1 is 1.15 bits per heavy atom. The van der Waals surface area contributed by atoms with Crippen molar-refractivity contribution in [3.8, 4) is 5.75 Å². The maximum atomic E-state index is 5.59. The van der Waals surface area contributed by atoms with Gasteiger partial charge in [-0.05, 0) is 62.7 Å². The normalized spacial score (nSPS) is 25.7. The molecule has 6 heteroatoms. The van der Waals surface area contributed by atoms with Gasteiger partial charge in [-0.3, -0.25) is 0 Å². The third kappa shape index (κ3) is 3.23. The lowest BCUT2D eigenvalue weighted by Gasteiger charge is -2.48. The maximum absolute atomic E-state index is 5.59. The van der Waals surface area contributed by atoms with Crippen LogP contribution in [0.5, 0.6) is 5.75 Å². The maximum Gasteiger partial charge on any atom is 0.208 e. The Labute approximate surface area is 165 Å². The van der Waals surface area contributed by atoms with Crippen LogP contribution in [0, 0.1) is 5.41 Å². The molecular formula is C21H28N4OS. The molecule has 144 valence electrons. The third-order valence-electron chi connectivity index (χ3n) is 6.97. The van der Waals surface area contributed by atoms with Crippen molar-refractivity contribution in [2.24, 2.45) is 5.41 Å². The molecule has 3 fully saturated rings. The number of ether oxygens (including phenoxy) is 1. The van der Waals surface area contributed by atoms with Gasteiger partial charge in [-0.2, -0.15) is 0 Å². The molecule has 5 rings (SSSR count). The summed E-state index contributed by atoms with van der Waals surface area (Å²) in [5.74, 6) is 1.70. The van der Waals surface area contributed by atoms with Gasteiger partial charge in [0.2, 0.25) is 5.13 Å². The molecular weight excluding hydrogens is 356 g/mol. The number of methoxy groups -OCH3 is 1. The van der Waals surface area contributed by atoms with Gasteiger partial charge in [0.25, 0.3) is 0 Å². The summed E-state index contributed by atoms with van der Waals surface area (Å²) in [7, 11) is 1.79. The van der Waals surface area contributed by atoms with E-state index in [0.717, 1.165) is 16.9 Å². The lowest BCUT2D eigenvalue weighted by Crippen LogP contribution is -2.56. The molecule has 0 radical (unpaired) electrons. The van der Waals surface area contributed by atoms with Crippen LogP contribution in [0.25, 0.3) is 0 Å². The van der Waals surface area contributed by atoms with Crippen molar-refractivity contribution in [2.75, 3.05) is 38.2 Å². The predicted molar refractivity (Wildman–Crippen MR) is 109 cm³/mol. The second-order valence-corrected chi connectivity index (χ2v) is 9.34. The standard InChI is InChI=1S/C21H28N4OS/c1-26-19-5-3-2-4-18(19)16-7-10-24(11-8-16)17-6-9-21(12-17)13-25(14-21)20-23-22-15-27-20/h2-5,15-17H,6-14H2,1H3. The lowest BCUT2D eigenvalue weighted by atomic mass is 9.78. The summed E-state index contributed by atoms with van der Waals surface area (Å²) < 4.78 is 5.59. The molecule has 3 aliphatic rings. The van der Waals surface area contributed by atoms with Crippen LogP contribution in [0.15, 0.2) is 29.8 Å². The third-order valence-corrected chi connectivity index (χ3v) is 7.72. The van der Waals surface area contributed by atoms with E-state index in [9.17, 15) is 0 Å². The molecule has 1 aromatic carbocycles. The van der Waals surface area contributed by atoms with Crippen molar-refractivity contribution in [1.82, 2.24) is 15.1 Å². The number of para-hydroxylation sites is 1. The van der Waals surface area contributed by atoms with Gasteiger partial charge in [0.05, 0.1) is 7.11 Å². The van der Waals surface area contributed by atoms with Crippen LogP contribution in [0.2, 0.25) is 0 Å². The van der Waals surface area contributed by atoms with E-state index in [0.29, 0.717) is 11.3 Å². The summed E-state index contributed by atoms with van der Waals surface area (Å²) in [6, 6.07) is 9.34. The first-order valence-electron chi connectivity index (χ1n) is 10.1. The Morgan fingerprint density at radius 3 is 2.70 bits per heavy atom. The molecule has 5 nitrogen and oxygen atoms in total. The topological polar surface area (TPSA) is 41.5 Å². The fraction of sp³-hybridized carbons (Fsp3) is 0.619. The minimum absolute atomic E-state index is 0.538. The van der Waals surface area contributed by atoms with Gasteiger partial charge >= 0.3 is 0 Å². The average Bonchev–Trinajstić information content (AvgIpc) is 3.37. The summed E-state index contributed by atoms with van der Waals surface area (Å²) in [4.78, 5) is 5.18. The summed E-state index contributed by atoms with van der Waals surface area (Å²) in [5, 5.41) is 9.31. The van der Waals surface area contributed by atoms with Crippen LogP contribution in [-0.4, -0.2) is 54.4 Å². The van der Waals surface area contributed by atoms with Gasteiger partial charge in [-0.1, -0.05) is 29.5 Å². The first kappa shape index (κ1) is 17.4. The van der Waals surface area contributed by atoms with Crippen molar-refractivity contribution in [1.29, 1.82) is 0 Å². The molecule has 2 saturated heterocycles. The molecule has 2 aliphatic heterocycles. The molecule has 1 atom stereocenters. The molecule has 3 heterocycles. The largest absolute Gasteiger partial charge is 0.496 e. The van der Waals surface area contributed by atoms with E-state index in [4.69, 9.17) is 4.74 Å². The number of anilines is 1. The Bertz CT molecular complexity index is 766. The van der Waals surface area contributed by atoms with Crippen molar-refractivity contribution in [3.05, 3.63) is 35.3 Å². The van der Waals surface area contributed by atoms with Crippen molar-refractivity contribution < 1.29 is 4.74 Å². The number of benzene rings is 1. The summed E-state index contributed by atoms with van der Waals surface area (Å²) in [6.07, 6.45) is 6.60. The minimum Gasteiger partial charge on any atom is -0.496 e. The molecule has 27 heavy (non-hydrogen) atoms. The Balaban J connectivity index is 1.16. The monoisotopic (exact) mass is 384 g/mol. The molecule has 0 N–H and O–H groups in total. The Morgan fingerprint density at radius 2 is 1.96 bits per heavy atom. The molecule has 0 bridgehead atoms. The lowest BCUT2D eigenvalue weighted by molar-refractivity contribution is 0.131. The van der Waals surface area contributed by atoms with Gasteiger partial charge < -0.3 is 14.5 Å². The molecule has 1 spiro atoms. The zero-order valence-electron chi connectivity index (χ0n) is 16.0. The quantitative estimate of drug-likeness (QED) is 0.802. The van der Waals surface area contributed by atoms with E-state index in [1.165, 1.54) is 63.8 Å². The first-order valence-corrected chi connectivity index (χ1v) is 11.0. The number of aromatic nitrogens is 2. The van der Waals surface area contributed by atoms with E-state index in [1.807, 2.05) is 5.51 Å². The molecule has 1 unspecified atom stereocenters. The van der Waals surface area contributed by atoms with E-state index in [2.05, 4.69) is 44.3 Å². The fourth-order valence-corrected chi connectivity index (χ4v) is 6.12. The number of piperidine rings is 1. The Hall–Kier alpha value is -1.66. The summed E-state index contributed by atoms with van der Waals surface area (Å²) in [6.45, 7) is 4.81. The van der Waals surface area contributed by atoms with Crippen LogP contribution in [0.4, 0.5) is 5.13 Å². The van der Waals surface area contributed by atoms with Gasteiger partial charge in [0.1, 0.15) is 11.3 Å².